The third-order valence-electron chi connectivity index (χ3n) is 3.57. The third-order valence-corrected chi connectivity index (χ3v) is 4.02. The predicted molar refractivity (Wildman–Crippen MR) is 87.0 cm³/mol. The van der Waals surface area contributed by atoms with Gasteiger partial charge in [0, 0.05) is 31.4 Å². The molecule has 5 nitrogen and oxygen atoms in total. The van der Waals surface area contributed by atoms with Crippen molar-refractivity contribution in [2.45, 2.75) is 40.4 Å². The summed E-state index contributed by atoms with van der Waals surface area (Å²) < 4.78 is 7.31. The minimum atomic E-state index is 0.600. The van der Waals surface area contributed by atoms with Gasteiger partial charge in [0.05, 0.1) is 18.5 Å². The van der Waals surface area contributed by atoms with Gasteiger partial charge in [-0.15, -0.1) is 0 Å². The summed E-state index contributed by atoms with van der Waals surface area (Å²) in [7, 11) is 1.99. The molecule has 0 aliphatic heterocycles. The molecule has 2 heterocycles. The van der Waals surface area contributed by atoms with Gasteiger partial charge in [0.15, 0.2) is 5.11 Å². The second-order valence-corrected chi connectivity index (χ2v) is 5.45. The fourth-order valence-electron chi connectivity index (χ4n) is 2.29. The van der Waals surface area contributed by atoms with Crippen LogP contribution in [0.25, 0.3) is 0 Å². The quantitative estimate of drug-likeness (QED) is 0.861. The maximum atomic E-state index is 5.42. The van der Waals surface area contributed by atoms with Crippen molar-refractivity contribution in [3.63, 3.8) is 0 Å². The summed E-state index contributed by atoms with van der Waals surface area (Å²) in [6.07, 6.45) is 1.66. The summed E-state index contributed by atoms with van der Waals surface area (Å²) in [6, 6.07) is 3.80. The van der Waals surface area contributed by atoms with Crippen molar-refractivity contribution in [1.29, 1.82) is 0 Å². The van der Waals surface area contributed by atoms with Gasteiger partial charge in [0.25, 0.3) is 0 Å². The molecule has 0 atom stereocenters. The summed E-state index contributed by atoms with van der Waals surface area (Å²) in [5.41, 5.74) is 3.51. The fraction of sp³-hybridized carbons (Fsp3) is 0.467. The summed E-state index contributed by atoms with van der Waals surface area (Å²) in [4.78, 5) is 2.02. The average Bonchev–Trinajstić information content (AvgIpc) is 3.07. The molecule has 0 amide bonds. The number of thiocarbonyl (C=S) groups is 1. The Hall–Kier alpha value is -1.82. The maximum absolute atomic E-state index is 5.42. The van der Waals surface area contributed by atoms with E-state index >= 15 is 0 Å². The molecule has 2 rings (SSSR count). The molecular formula is C15H22N4OS. The van der Waals surface area contributed by atoms with Gasteiger partial charge in [-0.05, 0) is 45.1 Å². The van der Waals surface area contributed by atoms with Crippen LogP contribution in [-0.2, 0) is 19.6 Å². The Bertz CT molecular complexity index is 603. The topological polar surface area (TPSA) is 46.2 Å². The van der Waals surface area contributed by atoms with Crippen LogP contribution in [0.2, 0.25) is 0 Å². The Morgan fingerprint density at radius 1 is 1.48 bits per heavy atom. The van der Waals surface area contributed by atoms with E-state index in [1.165, 1.54) is 11.3 Å². The van der Waals surface area contributed by atoms with E-state index in [-0.39, 0.29) is 0 Å². The molecule has 2 aromatic rings. The number of furan rings is 1. The molecule has 0 radical (unpaired) electrons. The van der Waals surface area contributed by atoms with Gasteiger partial charge >= 0.3 is 0 Å². The van der Waals surface area contributed by atoms with Gasteiger partial charge in [-0.1, -0.05) is 0 Å². The summed E-state index contributed by atoms with van der Waals surface area (Å²) in [5, 5.41) is 8.44. The SMILES string of the molecule is CCn1nc(C)c(CN(C)C(=S)NCc2ccco2)c1C. The molecule has 0 spiro atoms. The first-order valence-electron chi connectivity index (χ1n) is 7.07. The van der Waals surface area contributed by atoms with Crippen molar-refractivity contribution in [3.05, 3.63) is 41.1 Å². The van der Waals surface area contributed by atoms with Crippen LogP contribution in [0.4, 0.5) is 0 Å². The number of aromatic nitrogens is 2. The van der Waals surface area contributed by atoms with E-state index in [1.54, 1.807) is 6.26 Å². The zero-order valence-corrected chi connectivity index (χ0v) is 13.8. The number of rotatable bonds is 5. The van der Waals surface area contributed by atoms with Crippen LogP contribution >= 0.6 is 12.2 Å². The number of hydrogen-bond acceptors (Lipinski definition) is 3. The highest BCUT2D eigenvalue weighted by atomic mass is 32.1. The molecule has 0 aliphatic rings. The molecule has 0 saturated carbocycles. The van der Waals surface area contributed by atoms with Gasteiger partial charge in [-0.25, -0.2) is 0 Å². The molecule has 2 aromatic heterocycles. The van der Waals surface area contributed by atoms with Gasteiger partial charge < -0.3 is 14.6 Å². The van der Waals surface area contributed by atoms with E-state index in [4.69, 9.17) is 16.6 Å². The summed E-state index contributed by atoms with van der Waals surface area (Å²) in [5.74, 6) is 0.872. The van der Waals surface area contributed by atoms with Crippen LogP contribution in [0.5, 0.6) is 0 Å². The van der Waals surface area contributed by atoms with Crippen LogP contribution in [0.1, 0.15) is 29.6 Å². The lowest BCUT2D eigenvalue weighted by Crippen LogP contribution is -2.36. The predicted octanol–water partition coefficient (Wildman–Crippen LogP) is 2.62. The van der Waals surface area contributed by atoms with E-state index < -0.39 is 0 Å². The highest BCUT2D eigenvalue weighted by molar-refractivity contribution is 7.80. The first kappa shape index (κ1) is 15.6. The van der Waals surface area contributed by atoms with Crippen molar-refractivity contribution in [1.82, 2.24) is 20.0 Å². The molecule has 0 unspecified atom stereocenters. The van der Waals surface area contributed by atoms with Crippen LogP contribution in [0.15, 0.2) is 22.8 Å². The van der Waals surface area contributed by atoms with E-state index in [0.717, 1.165) is 24.5 Å². The highest BCUT2D eigenvalue weighted by Crippen LogP contribution is 2.15. The van der Waals surface area contributed by atoms with Crippen LogP contribution in [0, 0.1) is 13.8 Å². The summed E-state index contributed by atoms with van der Waals surface area (Å²) >= 11 is 5.42. The Morgan fingerprint density at radius 2 is 2.24 bits per heavy atom. The van der Waals surface area contributed by atoms with Gasteiger partial charge in [0.1, 0.15) is 5.76 Å². The van der Waals surface area contributed by atoms with Crippen molar-refractivity contribution >= 4 is 17.3 Å². The largest absolute Gasteiger partial charge is 0.467 e. The Morgan fingerprint density at radius 3 is 2.81 bits per heavy atom. The molecule has 6 heteroatoms. The first-order chi connectivity index (χ1) is 10.0. The van der Waals surface area contributed by atoms with Crippen molar-refractivity contribution in [2.24, 2.45) is 0 Å². The zero-order valence-electron chi connectivity index (χ0n) is 13.0. The Kier molecular flexibility index (Phi) is 5.01. The Balaban J connectivity index is 1.96. The van der Waals surface area contributed by atoms with Gasteiger partial charge in [-0.2, -0.15) is 5.10 Å². The minimum absolute atomic E-state index is 0.600. The van der Waals surface area contributed by atoms with Crippen molar-refractivity contribution in [3.8, 4) is 0 Å². The number of hydrogen-bond donors (Lipinski definition) is 1. The highest BCUT2D eigenvalue weighted by Gasteiger charge is 2.14. The lowest BCUT2D eigenvalue weighted by atomic mass is 10.2. The van der Waals surface area contributed by atoms with Crippen molar-refractivity contribution < 1.29 is 4.42 Å². The molecule has 0 aliphatic carbocycles. The van der Waals surface area contributed by atoms with E-state index in [2.05, 4.69) is 24.3 Å². The molecule has 114 valence electrons. The molecular weight excluding hydrogens is 284 g/mol. The fourth-order valence-corrected chi connectivity index (χ4v) is 2.43. The lowest BCUT2D eigenvalue weighted by Gasteiger charge is -2.21. The van der Waals surface area contributed by atoms with E-state index in [9.17, 15) is 0 Å². The average molecular weight is 306 g/mol. The maximum Gasteiger partial charge on any atom is 0.169 e. The smallest absolute Gasteiger partial charge is 0.169 e. The van der Waals surface area contributed by atoms with Gasteiger partial charge in [0.2, 0.25) is 0 Å². The molecule has 0 aromatic carbocycles. The Labute approximate surface area is 130 Å². The van der Waals surface area contributed by atoms with Crippen LogP contribution < -0.4 is 5.32 Å². The lowest BCUT2D eigenvalue weighted by molar-refractivity contribution is 0.466. The first-order valence-corrected chi connectivity index (χ1v) is 7.48. The molecule has 0 saturated heterocycles. The molecule has 0 bridgehead atoms. The third kappa shape index (κ3) is 3.64. The molecule has 0 fully saturated rings. The minimum Gasteiger partial charge on any atom is -0.467 e. The van der Waals surface area contributed by atoms with Crippen LogP contribution in [0.3, 0.4) is 0 Å². The monoisotopic (exact) mass is 306 g/mol. The number of aryl methyl sites for hydroxylation is 2. The molecule has 1 N–H and O–H groups in total. The van der Waals surface area contributed by atoms with Crippen LogP contribution in [-0.4, -0.2) is 26.8 Å². The van der Waals surface area contributed by atoms with Gasteiger partial charge in [-0.3, -0.25) is 4.68 Å². The van der Waals surface area contributed by atoms with E-state index in [0.29, 0.717) is 11.7 Å². The second-order valence-electron chi connectivity index (χ2n) is 5.06. The van der Waals surface area contributed by atoms with Crippen molar-refractivity contribution in [2.75, 3.05) is 7.05 Å². The summed E-state index contributed by atoms with van der Waals surface area (Å²) in [6.45, 7) is 8.48. The number of nitrogens with one attached hydrogen (secondary N) is 1. The standard InChI is InChI=1S/C15H22N4OS/c1-5-19-12(3)14(11(2)17-19)10-18(4)15(21)16-9-13-7-6-8-20-13/h6-8H,5,9-10H2,1-4H3,(H,16,21). The second kappa shape index (κ2) is 6.76. The number of nitrogens with zero attached hydrogens (tertiary/aromatic N) is 3. The zero-order chi connectivity index (χ0) is 15.4. The normalized spacial score (nSPS) is 10.7. The molecule has 21 heavy (non-hydrogen) atoms. The van der Waals surface area contributed by atoms with E-state index in [1.807, 2.05) is 35.7 Å².